The molecule has 4 rings (SSSR count). The fourth-order valence-electron chi connectivity index (χ4n) is 3.09. The number of anilines is 2. The van der Waals surface area contributed by atoms with Crippen LogP contribution in [-0.2, 0) is 10.0 Å². The standard InChI is InChI=1S/C22H20N4O4S/c1-2-30-18-9-11-19(12-10-18)31(28,29)26-17-7-3-5-15(13-17)22(27)24-20-8-4-6-16-14-23-25-21(16)20/h3-14,26H,2H2,1H3,(H,23,25)(H,24,27). The number of rotatable bonds is 7. The molecule has 0 radical (unpaired) electrons. The summed E-state index contributed by atoms with van der Waals surface area (Å²) < 4.78 is 33.2. The van der Waals surface area contributed by atoms with Gasteiger partial charge < -0.3 is 10.1 Å². The minimum Gasteiger partial charge on any atom is -0.494 e. The molecule has 0 saturated carbocycles. The van der Waals surface area contributed by atoms with Crippen molar-refractivity contribution in [2.24, 2.45) is 0 Å². The summed E-state index contributed by atoms with van der Waals surface area (Å²) in [6, 6.07) is 17.9. The minimum absolute atomic E-state index is 0.0942. The van der Waals surface area contributed by atoms with Gasteiger partial charge in [-0.15, -0.1) is 0 Å². The fourth-order valence-corrected chi connectivity index (χ4v) is 4.14. The van der Waals surface area contributed by atoms with Crippen molar-refractivity contribution < 1.29 is 17.9 Å². The molecule has 0 aliphatic heterocycles. The lowest BCUT2D eigenvalue weighted by Gasteiger charge is -2.11. The van der Waals surface area contributed by atoms with Gasteiger partial charge in [0.2, 0.25) is 0 Å². The van der Waals surface area contributed by atoms with Crippen LogP contribution >= 0.6 is 0 Å². The number of aromatic amines is 1. The van der Waals surface area contributed by atoms with Crippen molar-refractivity contribution in [2.45, 2.75) is 11.8 Å². The molecule has 0 aliphatic carbocycles. The Kier molecular flexibility index (Phi) is 5.59. The van der Waals surface area contributed by atoms with Gasteiger partial charge in [-0.05, 0) is 55.5 Å². The third-order valence-electron chi connectivity index (χ3n) is 4.55. The van der Waals surface area contributed by atoms with Crippen molar-refractivity contribution in [3.63, 3.8) is 0 Å². The zero-order valence-electron chi connectivity index (χ0n) is 16.6. The lowest BCUT2D eigenvalue weighted by atomic mass is 10.1. The van der Waals surface area contributed by atoms with Gasteiger partial charge in [0, 0.05) is 16.6 Å². The van der Waals surface area contributed by atoms with E-state index >= 15 is 0 Å². The highest BCUT2D eigenvalue weighted by Gasteiger charge is 2.16. The number of aromatic nitrogens is 2. The number of nitrogens with zero attached hydrogens (tertiary/aromatic N) is 1. The first-order valence-electron chi connectivity index (χ1n) is 9.55. The number of carbonyl (C=O) groups is 1. The van der Waals surface area contributed by atoms with E-state index in [1.807, 2.05) is 19.1 Å². The number of benzene rings is 3. The van der Waals surface area contributed by atoms with E-state index in [2.05, 4.69) is 20.2 Å². The smallest absolute Gasteiger partial charge is 0.261 e. The number of sulfonamides is 1. The Balaban J connectivity index is 1.52. The maximum Gasteiger partial charge on any atom is 0.261 e. The van der Waals surface area contributed by atoms with Crippen LogP contribution in [0.5, 0.6) is 5.75 Å². The Hall–Kier alpha value is -3.85. The normalized spacial score (nSPS) is 11.3. The van der Waals surface area contributed by atoms with Gasteiger partial charge in [0.15, 0.2) is 0 Å². The molecule has 0 saturated heterocycles. The Morgan fingerprint density at radius 1 is 1.06 bits per heavy atom. The second kappa shape index (κ2) is 8.49. The third-order valence-corrected chi connectivity index (χ3v) is 5.94. The predicted molar refractivity (Wildman–Crippen MR) is 119 cm³/mol. The lowest BCUT2D eigenvalue weighted by Crippen LogP contribution is -2.15. The van der Waals surface area contributed by atoms with Gasteiger partial charge in [0.05, 0.1) is 28.9 Å². The van der Waals surface area contributed by atoms with Crippen LogP contribution in [-0.4, -0.2) is 31.1 Å². The Labute approximate surface area is 179 Å². The number of para-hydroxylation sites is 1. The van der Waals surface area contributed by atoms with Crippen molar-refractivity contribution in [3.8, 4) is 5.75 Å². The zero-order chi connectivity index (χ0) is 21.8. The monoisotopic (exact) mass is 436 g/mol. The number of carbonyl (C=O) groups excluding carboxylic acids is 1. The molecule has 1 heterocycles. The van der Waals surface area contributed by atoms with Crippen LogP contribution in [0.15, 0.2) is 77.8 Å². The molecule has 0 fully saturated rings. The molecular weight excluding hydrogens is 416 g/mol. The highest BCUT2D eigenvalue weighted by atomic mass is 32.2. The Morgan fingerprint density at radius 2 is 1.84 bits per heavy atom. The number of H-pyrrole nitrogens is 1. The van der Waals surface area contributed by atoms with Crippen LogP contribution in [0.25, 0.3) is 10.9 Å². The van der Waals surface area contributed by atoms with E-state index in [9.17, 15) is 13.2 Å². The van der Waals surface area contributed by atoms with Crippen LogP contribution in [0.2, 0.25) is 0 Å². The van der Waals surface area contributed by atoms with Gasteiger partial charge in [-0.25, -0.2) is 8.42 Å². The number of amides is 1. The summed E-state index contributed by atoms with van der Waals surface area (Å²) in [6.45, 7) is 2.35. The average Bonchev–Trinajstić information content (AvgIpc) is 3.24. The summed E-state index contributed by atoms with van der Waals surface area (Å²) in [4.78, 5) is 12.8. The van der Waals surface area contributed by atoms with Crippen molar-refractivity contribution in [1.29, 1.82) is 0 Å². The predicted octanol–water partition coefficient (Wildman–Crippen LogP) is 4.01. The van der Waals surface area contributed by atoms with Gasteiger partial charge in [-0.2, -0.15) is 5.10 Å². The summed E-state index contributed by atoms with van der Waals surface area (Å²) in [5.74, 6) is 0.219. The van der Waals surface area contributed by atoms with Crippen LogP contribution in [0.1, 0.15) is 17.3 Å². The molecule has 0 atom stereocenters. The number of hydrogen-bond acceptors (Lipinski definition) is 5. The number of nitrogens with one attached hydrogen (secondary N) is 3. The summed E-state index contributed by atoms with van der Waals surface area (Å²) in [7, 11) is -3.82. The summed E-state index contributed by atoms with van der Waals surface area (Å²) in [5, 5.41) is 10.5. The second-order valence-electron chi connectivity index (χ2n) is 6.68. The molecule has 1 amide bonds. The first kappa shape index (κ1) is 20.4. The van der Waals surface area contributed by atoms with E-state index in [1.54, 1.807) is 42.6 Å². The van der Waals surface area contributed by atoms with Crippen molar-refractivity contribution in [1.82, 2.24) is 10.2 Å². The highest BCUT2D eigenvalue weighted by molar-refractivity contribution is 7.92. The van der Waals surface area contributed by atoms with Crippen LogP contribution in [0.3, 0.4) is 0 Å². The molecule has 4 aromatic rings. The molecule has 9 heteroatoms. The summed E-state index contributed by atoms with van der Waals surface area (Å²) in [5.41, 5.74) is 1.88. The molecule has 31 heavy (non-hydrogen) atoms. The van der Waals surface area contributed by atoms with Gasteiger partial charge >= 0.3 is 0 Å². The molecule has 8 nitrogen and oxygen atoms in total. The first-order valence-corrected chi connectivity index (χ1v) is 11.0. The molecule has 0 bridgehead atoms. The Bertz CT molecular complexity index is 1330. The van der Waals surface area contributed by atoms with Crippen LogP contribution in [0, 0.1) is 0 Å². The van der Waals surface area contributed by atoms with E-state index in [1.165, 1.54) is 18.2 Å². The van der Waals surface area contributed by atoms with E-state index in [-0.39, 0.29) is 16.5 Å². The summed E-state index contributed by atoms with van der Waals surface area (Å²) >= 11 is 0. The quantitative estimate of drug-likeness (QED) is 0.405. The van der Waals surface area contributed by atoms with E-state index in [0.29, 0.717) is 29.1 Å². The number of hydrogen-bond donors (Lipinski definition) is 3. The molecule has 0 unspecified atom stereocenters. The van der Waals surface area contributed by atoms with Gasteiger partial charge in [-0.1, -0.05) is 18.2 Å². The molecule has 1 aromatic heterocycles. The second-order valence-corrected chi connectivity index (χ2v) is 8.37. The lowest BCUT2D eigenvalue weighted by molar-refractivity contribution is 0.102. The van der Waals surface area contributed by atoms with E-state index in [0.717, 1.165) is 5.39 Å². The minimum atomic E-state index is -3.82. The molecule has 0 spiro atoms. The first-order chi connectivity index (χ1) is 15.0. The third kappa shape index (κ3) is 4.51. The van der Waals surface area contributed by atoms with Gasteiger partial charge in [0.25, 0.3) is 15.9 Å². The van der Waals surface area contributed by atoms with E-state index in [4.69, 9.17) is 4.74 Å². The molecular formula is C22H20N4O4S. The molecule has 158 valence electrons. The fraction of sp³-hybridized carbons (Fsp3) is 0.0909. The van der Waals surface area contributed by atoms with E-state index < -0.39 is 10.0 Å². The molecule has 3 aromatic carbocycles. The number of fused-ring (bicyclic) bond motifs is 1. The van der Waals surface area contributed by atoms with Crippen molar-refractivity contribution >= 4 is 38.2 Å². The van der Waals surface area contributed by atoms with Gasteiger partial charge in [-0.3, -0.25) is 14.6 Å². The topological polar surface area (TPSA) is 113 Å². The van der Waals surface area contributed by atoms with Gasteiger partial charge in [0.1, 0.15) is 5.75 Å². The maximum atomic E-state index is 12.7. The SMILES string of the molecule is CCOc1ccc(S(=O)(=O)Nc2cccc(C(=O)Nc3cccc4cn[nH]c34)c2)cc1. The molecule has 3 N–H and O–H groups in total. The van der Waals surface area contributed by atoms with Crippen LogP contribution < -0.4 is 14.8 Å². The summed E-state index contributed by atoms with van der Waals surface area (Å²) in [6.07, 6.45) is 1.67. The maximum absolute atomic E-state index is 12.7. The average molecular weight is 436 g/mol. The Morgan fingerprint density at radius 3 is 2.61 bits per heavy atom. The van der Waals surface area contributed by atoms with Crippen molar-refractivity contribution in [2.75, 3.05) is 16.6 Å². The van der Waals surface area contributed by atoms with Crippen molar-refractivity contribution in [3.05, 3.63) is 78.5 Å². The van der Waals surface area contributed by atoms with Crippen LogP contribution in [0.4, 0.5) is 11.4 Å². The largest absolute Gasteiger partial charge is 0.494 e. The zero-order valence-corrected chi connectivity index (χ0v) is 17.4. The molecule has 0 aliphatic rings. The highest BCUT2D eigenvalue weighted by Crippen LogP contribution is 2.23. The number of ether oxygens (including phenoxy) is 1.